The summed E-state index contributed by atoms with van der Waals surface area (Å²) < 4.78 is 110. The first kappa shape index (κ1) is 21.6. The molecule has 4 nitrogen and oxygen atoms in total. The van der Waals surface area contributed by atoms with Crippen molar-refractivity contribution in [2.75, 3.05) is 0 Å². The molecule has 1 heterocycles. The Morgan fingerprint density at radius 2 is 1.70 bits per heavy atom. The van der Waals surface area contributed by atoms with E-state index < -0.39 is 57.0 Å². The van der Waals surface area contributed by atoms with E-state index in [2.05, 4.69) is 16.3 Å². The number of hydrogen-bond donors (Lipinski definition) is 1. The van der Waals surface area contributed by atoms with Crippen LogP contribution in [-0.2, 0) is 26.7 Å². The highest BCUT2D eigenvalue weighted by Gasteiger charge is 2.61. The molecule has 0 radical (unpaired) electrons. The van der Waals surface area contributed by atoms with Gasteiger partial charge in [-0.25, -0.2) is 13.7 Å². The van der Waals surface area contributed by atoms with Gasteiger partial charge >= 0.3 is 22.8 Å². The fourth-order valence-corrected chi connectivity index (χ4v) is 3.25. The maximum Gasteiger partial charge on any atom is 0.416 e. The molecule has 27 heavy (non-hydrogen) atoms. The van der Waals surface area contributed by atoms with Gasteiger partial charge in [0.2, 0.25) is 0 Å². The number of benzene rings is 1. The van der Waals surface area contributed by atoms with Gasteiger partial charge in [-0.2, -0.15) is 30.7 Å². The van der Waals surface area contributed by atoms with Gasteiger partial charge in [-0.3, -0.25) is 0 Å². The minimum atomic E-state index is -5.33. The van der Waals surface area contributed by atoms with Crippen LogP contribution in [0.1, 0.15) is 17.2 Å². The van der Waals surface area contributed by atoms with Gasteiger partial charge in [0, 0.05) is 6.08 Å². The summed E-state index contributed by atoms with van der Waals surface area (Å²) in [6.45, 7) is 0. The lowest BCUT2D eigenvalue weighted by atomic mass is 9.96. The molecule has 0 aliphatic carbocycles. The number of nitrogens with one attached hydrogen (secondary N) is 1. The number of cyclic esters (lactones) is 1. The molecule has 3 atom stereocenters. The third-order valence-electron chi connectivity index (χ3n) is 3.40. The zero-order valence-electron chi connectivity index (χ0n) is 12.8. The van der Waals surface area contributed by atoms with Gasteiger partial charge in [0.15, 0.2) is 11.0 Å². The summed E-state index contributed by atoms with van der Waals surface area (Å²) in [6.07, 6.45) is -4.85. The first-order valence-electron chi connectivity index (χ1n) is 6.92. The fourth-order valence-electron chi connectivity index (χ4n) is 2.19. The number of carbonyl (C=O) groups excluding carboxylic acids is 1. The monoisotopic (exact) mass is 439 g/mol. The van der Waals surface area contributed by atoms with Crippen LogP contribution in [0.3, 0.4) is 0 Å². The molecular formula is C14H9ClF7NO3S. The standard InChI is InChI=1S/C14H9ClF7NO3S/c15-13(19,20)14(21,22)27(25)23-11(9-5-6-10(24)26-9)7-3-1-2-4-8(7)12(16,17)18/h1-6,9,11,23H/t9-,11-,27?/m1/s1. The highest BCUT2D eigenvalue weighted by molar-refractivity contribution is 7.84. The van der Waals surface area contributed by atoms with Crippen molar-refractivity contribution in [2.24, 2.45) is 0 Å². The average molecular weight is 440 g/mol. The summed E-state index contributed by atoms with van der Waals surface area (Å²) in [6, 6.07) is 1.57. The normalized spacial score (nSPS) is 20.4. The molecule has 0 bridgehead atoms. The van der Waals surface area contributed by atoms with Crippen LogP contribution in [0.5, 0.6) is 0 Å². The minimum Gasteiger partial charge on any atom is -0.453 e. The molecule has 1 aromatic rings. The SMILES string of the molecule is O=C1C=C[C@H]([C@H](NS(=O)C(F)(F)C(F)(F)Cl)c2ccccc2C(F)(F)F)O1. The van der Waals surface area contributed by atoms with Crippen molar-refractivity contribution in [3.8, 4) is 0 Å². The van der Waals surface area contributed by atoms with Crippen molar-refractivity contribution in [1.29, 1.82) is 0 Å². The molecule has 2 rings (SSSR count). The lowest BCUT2D eigenvalue weighted by Gasteiger charge is -2.28. The molecule has 13 heteroatoms. The Kier molecular flexibility index (Phi) is 5.93. The van der Waals surface area contributed by atoms with Crippen LogP contribution in [0, 0.1) is 0 Å². The van der Waals surface area contributed by atoms with Gasteiger partial charge in [-0.1, -0.05) is 18.2 Å². The van der Waals surface area contributed by atoms with Crippen LogP contribution in [0.4, 0.5) is 30.7 Å². The van der Waals surface area contributed by atoms with E-state index in [9.17, 15) is 39.7 Å². The summed E-state index contributed by atoms with van der Waals surface area (Å²) in [5, 5.41) is -10.6. The number of rotatable bonds is 6. The Balaban J connectivity index is 2.48. The van der Waals surface area contributed by atoms with E-state index in [0.717, 1.165) is 30.4 Å². The summed E-state index contributed by atoms with van der Waals surface area (Å²) in [7, 11) is -3.93. The lowest BCUT2D eigenvalue weighted by Crippen LogP contribution is -2.48. The molecule has 150 valence electrons. The maximum atomic E-state index is 13.5. The first-order valence-corrected chi connectivity index (χ1v) is 8.45. The van der Waals surface area contributed by atoms with E-state index in [0.29, 0.717) is 6.07 Å². The molecule has 1 N–H and O–H groups in total. The largest absolute Gasteiger partial charge is 0.453 e. The molecule has 0 amide bonds. The fraction of sp³-hybridized carbons (Fsp3) is 0.357. The van der Waals surface area contributed by atoms with Crippen molar-refractivity contribution >= 4 is 28.6 Å². The number of halogens is 8. The van der Waals surface area contributed by atoms with E-state index in [4.69, 9.17) is 0 Å². The predicted molar refractivity (Wildman–Crippen MR) is 80.2 cm³/mol. The predicted octanol–water partition coefficient (Wildman–Crippen LogP) is 3.91. The third kappa shape index (κ3) is 4.61. The molecule has 1 aromatic carbocycles. The Morgan fingerprint density at radius 3 is 2.19 bits per heavy atom. The van der Waals surface area contributed by atoms with Crippen LogP contribution in [0.2, 0.25) is 0 Å². The van der Waals surface area contributed by atoms with Gasteiger partial charge in [0.05, 0.1) is 11.6 Å². The number of esters is 1. The molecule has 0 spiro atoms. The molecule has 1 unspecified atom stereocenters. The zero-order valence-corrected chi connectivity index (χ0v) is 14.3. The van der Waals surface area contributed by atoms with E-state index >= 15 is 0 Å². The van der Waals surface area contributed by atoms with E-state index in [1.807, 2.05) is 0 Å². The Bertz CT molecular complexity index is 779. The maximum absolute atomic E-state index is 13.5. The molecule has 1 aliphatic rings. The first-order chi connectivity index (χ1) is 12.2. The van der Waals surface area contributed by atoms with Crippen LogP contribution in [0.15, 0.2) is 36.4 Å². The Hall–Kier alpha value is -1.66. The number of alkyl halides is 8. The highest BCUT2D eigenvalue weighted by Crippen LogP contribution is 2.42. The topological polar surface area (TPSA) is 55.4 Å². The van der Waals surface area contributed by atoms with Gasteiger partial charge in [0.25, 0.3) is 0 Å². The molecule has 0 aromatic heterocycles. The number of hydrogen-bond acceptors (Lipinski definition) is 3. The van der Waals surface area contributed by atoms with Crippen LogP contribution in [0.25, 0.3) is 0 Å². The van der Waals surface area contributed by atoms with Crippen LogP contribution < -0.4 is 4.72 Å². The second-order valence-corrected chi connectivity index (χ2v) is 6.99. The zero-order chi connectivity index (χ0) is 20.6. The van der Waals surface area contributed by atoms with Crippen molar-refractivity contribution in [3.05, 3.63) is 47.5 Å². The van der Waals surface area contributed by atoms with Crippen LogP contribution in [-0.4, -0.2) is 26.9 Å². The summed E-state index contributed by atoms with van der Waals surface area (Å²) in [5.41, 5.74) is -2.06. The van der Waals surface area contributed by atoms with Crippen molar-refractivity contribution in [1.82, 2.24) is 4.72 Å². The average Bonchev–Trinajstić information content (AvgIpc) is 2.96. The molecule has 0 fully saturated rings. The molecular weight excluding hydrogens is 431 g/mol. The van der Waals surface area contributed by atoms with E-state index in [1.54, 1.807) is 0 Å². The third-order valence-corrected chi connectivity index (χ3v) is 4.94. The summed E-state index contributed by atoms with van der Waals surface area (Å²) in [5.74, 6) is -1.00. The summed E-state index contributed by atoms with van der Waals surface area (Å²) >= 11 is 4.24. The van der Waals surface area contributed by atoms with Crippen LogP contribution >= 0.6 is 11.6 Å². The highest BCUT2D eigenvalue weighted by atomic mass is 35.5. The quantitative estimate of drug-likeness (QED) is 0.415. The van der Waals surface area contributed by atoms with Crippen molar-refractivity contribution in [2.45, 2.75) is 29.0 Å². The molecule has 0 saturated carbocycles. The Labute approximate surface area is 154 Å². The Morgan fingerprint density at radius 1 is 1.11 bits per heavy atom. The van der Waals surface area contributed by atoms with Gasteiger partial charge in [0.1, 0.15) is 6.10 Å². The second-order valence-electron chi connectivity index (χ2n) is 5.22. The minimum absolute atomic E-state index is 0.599. The van der Waals surface area contributed by atoms with Gasteiger partial charge in [-0.15, -0.1) is 0 Å². The second kappa shape index (κ2) is 7.40. The molecule has 1 aliphatic heterocycles. The van der Waals surface area contributed by atoms with E-state index in [1.165, 1.54) is 4.72 Å². The smallest absolute Gasteiger partial charge is 0.416 e. The van der Waals surface area contributed by atoms with E-state index in [-0.39, 0.29) is 0 Å². The van der Waals surface area contributed by atoms with Crippen molar-refractivity contribution < 1.29 is 44.5 Å². The molecule has 0 saturated heterocycles. The lowest BCUT2D eigenvalue weighted by molar-refractivity contribution is -0.140. The number of carbonyl (C=O) groups is 1. The van der Waals surface area contributed by atoms with Crippen molar-refractivity contribution in [3.63, 3.8) is 0 Å². The van der Waals surface area contributed by atoms with Gasteiger partial charge in [-0.05, 0) is 29.3 Å². The van der Waals surface area contributed by atoms with Gasteiger partial charge < -0.3 is 4.74 Å². The summed E-state index contributed by atoms with van der Waals surface area (Å²) in [4.78, 5) is 11.2. The number of ether oxygens (including phenoxy) is 1.